The lowest BCUT2D eigenvalue weighted by Gasteiger charge is -2.30. The first kappa shape index (κ1) is 16.4. The van der Waals surface area contributed by atoms with Crippen LogP contribution in [0.5, 0.6) is 0 Å². The van der Waals surface area contributed by atoms with Gasteiger partial charge in [-0.3, -0.25) is 4.79 Å². The monoisotopic (exact) mass is 245 g/mol. The van der Waals surface area contributed by atoms with Crippen molar-refractivity contribution < 1.29 is 14.3 Å². The first-order chi connectivity index (χ1) is 7.73. The van der Waals surface area contributed by atoms with Crippen molar-refractivity contribution in [1.29, 1.82) is 0 Å². The highest BCUT2D eigenvalue weighted by Crippen LogP contribution is 2.16. The van der Waals surface area contributed by atoms with Crippen LogP contribution in [0.25, 0.3) is 0 Å². The Morgan fingerprint density at radius 3 is 2.12 bits per heavy atom. The first-order valence-corrected chi connectivity index (χ1v) is 6.12. The van der Waals surface area contributed by atoms with Crippen LogP contribution in [-0.4, -0.2) is 37.9 Å². The summed E-state index contributed by atoms with van der Waals surface area (Å²) in [6.45, 7) is 10.1. The van der Waals surface area contributed by atoms with Crippen LogP contribution in [0.15, 0.2) is 0 Å². The predicted molar refractivity (Wildman–Crippen MR) is 68.9 cm³/mol. The van der Waals surface area contributed by atoms with E-state index in [0.29, 0.717) is 0 Å². The fourth-order valence-corrected chi connectivity index (χ4v) is 1.85. The highest BCUT2D eigenvalue weighted by atomic mass is 16.5. The topological polar surface area (TPSA) is 47.6 Å². The molecule has 0 aliphatic rings. The van der Waals surface area contributed by atoms with Crippen LogP contribution < -0.4 is 5.32 Å². The van der Waals surface area contributed by atoms with Gasteiger partial charge in [0.2, 0.25) is 0 Å². The Morgan fingerprint density at radius 2 is 1.76 bits per heavy atom. The maximum absolute atomic E-state index is 11.6. The number of hydrogen-bond acceptors (Lipinski definition) is 4. The maximum atomic E-state index is 11.6. The normalized spacial score (nSPS) is 15.8. The third kappa shape index (κ3) is 6.03. The van der Waals surface area contributed by atoms with Gasteiger partial charge in [-0.1, -0.05) is 13.8 Å². The van der Waals surface area contributed by atoms with Gasteiger partial charge in [0.1, 0.15) is 6.04 Å². The molecule has 102 valence electrons. The molecule has 0 fully saturated rings. The molecule has 2 unspecified atom stereocenters. The molecule has 1 N–H and O–H groups in total. The Bertz CT molecular complexity index is 239. The summed E-state index contributed by atoms with van der Waals surface area (Å²) in [6.07, 6.45) is 0.837. The van der Waals surface area contributed by atoms with Crippen molar-refractivity contribution in [3.8, 4) is 0 Å². The Balaban J connectivity index is 4.41. The van der Waals surface area contributed by atoms with Crippen molar-refractivity contribution in [2.45, 2.75) is 58.7 Å². The number of carbonyl (C=O) groups excluding carboxylic acids is 1. The third-order valence-electron chi connectivity index (χ3n) is 2.94. The zero-order valence-corrected chi connectivity index (χ0v) is 12.2. The number of hydrogen-bond donors (Lipinski definition) is 1. The van der Waals surface area contributed by atoms with E-state index < -0.39 is 0 Å². The van der Waals surface area contributed by atoms with Crippen molar-refractivity contribution in [2.24, 2.45) is 5.92 Å². The lowest BCUT2D eigenvalue weighted by Crippen LogP contribution is -2.48. The molecule has 4 heteroatoms. The van der Waals surface area contributed by atoms with Crippen molar-refractivity contribution in [1.82, 2.24) is 5.32 Å². The minimum atomic E-state index is -0.261. The van der Waals surface area contributed by atoms with E-state index in [9.17, 15) is 4.79 Å². The fraction of sp³-hybridized carbons (Fsp3) is 0.923. The second-order valence-electron chi connectivity index (χ2n) is 5.48. The Hall–Kier alpha value is -0.610. The molecule has 0 rings (SSSR count). The van der Waals surface area contributed by atoms with E-state index in [-0.39, 0.29) is 29.6 Å². The molecular formula is C13H27NO3. The number of nitrogens with one attached hydrogen (secondary N) is 1. The molecule has 2 atom stereocenters. The molecule has 0 heterocycles. The van der Waals surface area contributed by atoms with Crippen LogP contribution in [0.2, 0.25) is 0 Å². The third-order valence-corrected chi connectivity index (χ3v) is 2.94. The van der Waals surface area contributed by atoms with E-state index >= 15 is 0 Å². The van der Waals surface area contributed by atoms with Crippen LogP contribution in [0.4, 0.5) is 0 Å². The van der Waals surface area contributed by atoms with E-state index in [1.54, 1.807) is 7.11 Å². The van der Waals surface area contributed by atoms with Crippen molar-refractivity contribution in [3.63, 3.8) is 0 Å². The van der Waals surface area contributed by atoms with Gasteiger partial charge in [0.15, 0.2) is 0 Å². The van der Waals surface area contributed by atoms with Gasteiger partial charge in [0.25, 0.3) is 0 Å². The zero-order valence-electron chi connectivity index (χ0n) is 12.2. The quantitative estimate of drug-likeness (QED) is 0.697. The van der Waals surface area contributed by atoms with E-state index in [0.717, 1.165) is 6.42 Å². The van der Waals surface area contributed by atoms with Gasteiger partial charge in [-0.15, -0.1) is 0 Å². The van der Waals surface area contributed by atoms with Crippen molar-refractivity contribution in [2.75, 3.05) is 14.2 Å². The molecule has 0 aromatic heterocycles. The molecule has 0 spiro atoms. The molecule has 0 aromatic rings. The summed E-state index contributed by atoms with van der Waals surface area (Å²) in [5, 5.41) is 3.30. The molecule has 17 heavy (non-hydrogen) atoms. The highest BCUT2D eigenvalue weighted by Gasteiger charge is 2.27. The van der Waals surface area contributed by atoms with Gasteiger partial charge < -0.3 is 14.8 Å². The summed E-state index contributed by atoms with van der Waals surface area (Å²) >= 11 is 0. The molecular weight excluding hydrogens is 218 g/mol. The van der Waals surface area contributed by atoms with Crippen LogP contribution in [0, 0.1) is 5.92 Å². The molecule has 4 nitrogen and oxygen atoms in total. The summed E-state index contributed by atoms with van der Waals surface area (Å²) in [5.41, 5.74) is -0.190. The summed E-state index contributed by atoms with van der Waals surface area (Å²) in [5.74, 6) is -0.00219. The molecule has 0 aliphatic heterocycles. The van der Waals surface area contributed by atoms with Crippen molar-refractivity contribution in [3.05, 3.63) is 0 Å². The molecule has 0 radical (unpaired) electrons. The predicted octanol–water partition coefficient (Wildman–Crippen LogP) is 1.98. The Morgan fingerprint density at radius 1 is 1.24 bits per heavy atom. The lowest BCUT2D eigenvalue weighted by molar-refractivity contribution is -0.144. The number of ether oxygens (including phenoxy) is 2. The highest BCUT2D eigenvalue weighted by molar-refractivity contribution is 5.75. The smallest absolute Gasteiger partial charge is 0.323 e. The second kappa shape index (κ2) is 6.97. The van der Waals surface area contributed by atoms with Gasteiger partial charge in [0, 0.05) is 13.2 Å². The van der Waals surface area contributed by atoms with Crippen LogP contribution >= 0.6 is 0 Å². The maximum Gasteiger partial charge on any atom is 0.323 e. The van der Waals surface area contributed by atoms with Crippen molar-refractivity contribution >= 4 is 5.97 Å². The van der Waals surface area contributed by atoms with Crippen LogP contribution in [-0.2, 0) is 14.3 Å². The van der Waals surface area contributed by atoms with E-state index in [1.165, 1.54) is 7.11 Å². The molecule has 0 amide bonds. The van der Waals surface area contributed by atoms with Crippen LogP contribution in [0.1, 0.15) is 41.0 Å². The molecule has 0 bridgehead atoms. The van der Waals surface area contributed by atoms with E-state index in [4.69, 9.17) is 9.47 Å². The van der Waals surface area contributed by atoms with Gasteiger partial charge in [0.05, 0.1) is 12.7 Å². The standard InChI is InChI=1S/C13H27NO3/c1-9(2)11(12(15)16-6)14-10(3)8-13(4,5)17-7/h9-11,14H,8H2,1-7H3. The molecule has 0 saturated carbocycles. The van der Waals surface area contributed by atoms with Gasteiger partial charge in [-0.2, -0.15) is 0 Å². The minimum absolute atomic E-state index is 0.190. The number of esters is 1. The summed E-state index contributed by atoms with van der Waals surface area (Å²) in [4.78, 5) is 11.6. The lowest BCUT2D eigenvalue weighted by atomic mass is 9.97. The number of methoxy groups -OCH3 is 2. The van der Waals surface area contributed by atoms with E-state index in [2.05, 4.69) is 12.2 Å². The molecule has 0 aliphatic carbocycles. The SMILES string of the molecule is COC(=O)C(NC(C)CC(C)(C)OC)C(C)C. The number of carbonyl (C=O) groups is 1. The molecule has 0 aromatic carbocycles. The summed E-state index contributed by atoms with van der Waals surface area (Å²) in [6, 6.07) is -0.0703. The number of rotatable bonds is 7. The average molecular weight is 245 g/mol. The summed E-state index contributed by atoms with van der Waals surface area (Å²) in [7, 11) is 3.12. The first-order valence-electron chi connectivity index (χ1n) is 6.12. The largest absolute Gasteiger partial charge is 0.468 e. The van der Waals surface area contributed by atoms with Gasteiger partial charge in [-0.05, 0) is 33.1 Å². The minimum Gasteiger partial charge on any atom is -0.468 e. The van der Waals surface area contributed by atoms with Gasteiger partial charge in [-0.25, -0.2) is 0 Å². The Kier molecular flexibility index (Phi) is 6.72. The second-order valence-corrected chi connectivity index (χ2v) is 5.48. The average Bonchev–Trinajstić information content (AvgIpc) is 2.24. The van der Waals surface area contributed by atoms with Gasteiger partial charge >= 0.3 is 5.97 Å². The van der Waals surface area contributed by atoms with Crippen LogP contribution in [0.3, 0.4) is 0 Å². The fourth-order valence-electron chi connectivity index (χ4n) is 1.85. The Labute approximate surface area is 105 Å². The zero-order chi connectivity index (χ0) is 13.6. The molecule has 0 saturated heterocycles. The summed E-state index contributed by atoms with van der Waals surface area (Å²) < 4.78 is 10.2. The van der Waals surface area contributed by atoms with E-state index in [1.807, 2.05) is 27.7 Å².